The molecule has 0 aliphatic carbocycles. The van der Waals surface area contributed by atoms with Crippen LogP contribution in [-0.4, -0.2) is 53.1 Å². The molecule has 1 aliphatic heterocycles. The van der Waals surface area contributed by atoms with Gasteiger partial charge in [0.25, 0.3) is 0 Å². The quantitative estimate of drug-likeness (QED) is 0.920. The highest BCUT2D eigenvalue weighted by atomic mass is 19.1. The summed E-state index contributed by atoms with van der Waals surface area (Å²) in [7, 11) is 0. The number of carbonyl (C=O) groups is 1. The van der Waals surface area contributed by atoms with E-state index in [-0.39, 0.29) is 17.4 Å². The fourth-order valence-electron chi connectivity index (χ4n) is 3.27. The average molecular weight is 335 g/mol. The lowest BCUT2D eigenvalue weighted by Crippen LogP contribution is -2.61. The first-order valence-electron chi connectivity index (χ1n) is 8.73. The summed E-state index contributed by atoms with van der Waals surface area (Å²) in [5.74, 6) is -0.195. The Labute approximate surface area is 145 Å². The number of benzene rings is 1. The summed E-state index contributed by atoms with van der Waals surface area (Å²) in [4.78, 5) is 16.7. The molecule has 1 fully saturated rings. The molecule has 2 rings (SSSR count). The molecular weight excluding hydrogens is 305 g/mol. The van der Waals surface area contributed by atoms with Crippen molar-refractivity contribution in [1.82, 2.24) is 15.1 Å². The molecule has 2 amide bonds. The number of nitrogens with zero attached hydrogens (tertiary/aromatic N) is 2. The third kappa shape index (κ3) is 5.20. The van der Waals surface area contributed by atoms with Crippen molar-refractivity contribution < 1.29 is 9.18 Å². The molecule has 0 spiro atoms. The number of urea groups is 1. The van der Waals surface area contributed by atoms with Crippen LogP contribution >= 0.6 is 0 Å². The molecule has 1 aromatic rings. The molecule has 134 valence electrons. The second kappa shape index (κ2) is 7.51. The zero-order valence-corrected chi connectivity index (χ0v) is 15.5. The number of hydrogen-bond acceptors (Lipinski definition) is 2. The van der Waals surface area contributed by atoms with Crippen molar-refractivity contribution in [2.75, 3.05) is 19.6 Å². The Balaban J connectivity index is 1.91. The maximum Gasteiger partial charge on any atom is 0.317 e. The van der Waals surface area contributed by atoms with E-state index in [1.165, 1.54) is 12.1 Å². The molecule has 2 unspecified atom stereocenters. The largest absolute Gasteiger partial charge is 0.333 e. The highest BCUT2D eigenvalue weighted by molar-refractivity contribution is 5.75. The van der Waals surface area contributed by atoms with Crippen LogP contribution in [0.1, 0.15) is 40.2 Å². The predicted molar refractivity (Wildman–Crippen MR) is 95.6 cm³/mol. The monoisotopic (exact) mass is 335 g/mol. The van der Waals surface area contributed by atoms with Gasteiger partial charge >= 0.3 is 6.03 Å². The molecule has 0 bridgehead atoms. The van der Waals surface area contributed by atoms with E-state index in [1.807, 2.05) is 37.8 Å². The van der Waals surface area contributed by atoms with Crippen LogP contribution in [0, 0.1) is 5.82 Å². The molecule has 1 heterocycles. The number of rotatable bonds is 3. The molecule has 1 N–H and O–H groups in total. The van der Waals surface area contributed by atoms with E-state index in [1.54, 1.807) is 0 Å². The van der Waals surface area contributed by atoms with E-state index in [0.717, 1.165) is 31.6 Å². The van der Waals surface area contributed by atoms with E-state index in [0.29, 0.717) is 12.1 Å². The van der Waals surface area contributed by atoms with Crippen LogP contribution in [0.3, 0.4) is 0 Å². The second-order valence-electron chi connectivity index (χ2n) is 7.90. The van der Waals surface area contributed by atoms with Crippen LogP contribution in [0.15, 0.2) is 24.3 Å². The van der Waals surface area contributed by atoms with E-state index < -0.39 is 0 Å². The summed E-state index contributed by atoms with van der Waals surface area (Å²) in [5.41, 5.74) is 0.923. The maximum atomic E-state index is 13.0. The van der Waals surface area contributed by atoms with Gasteiger partial charge in [0.1, 0.15) is 5.82 Å². The molecule has 0 saturated carbocycles. The van der Waals surface area contributed by atoms with Gasteiger partial charge in [0.15, 0.2) is 0 Å². The summed E-state index contributed by atoms with van der Waals surface area (Å²) >= 11 is 0. The summed E-state index contributed by atoms with van der Waals surface area (Å²) in [6.07, 6.45) is 0.892. The van der Waals surface area contributed by atoms with Crippen LogP contribution < -0.4 is 5.32 Å². The van der Waals surface area contributed by atoms with E-state index in [2.05, 4.69) is 24.1 Å². The van der Waals surface area contributed by atoms with Crippen molar-refractivity contribution in [2.24, 2.45) is 0 Å². The number of hydrogen-bond donors (Lipinski definition) is 1. The van der Waals surface area contributed by atoms with Crippen LogP contribution in [-0.2, 0) is 6.42 Å². The van der Waals surface area contributed by atoms with Crippen LogP contribution in [0.5, 0.6) is 0 Å². The molecule has 4 nitrogen and oxygen atoms in total. The normalized spacial score (nSPS) is 22.5. The zero-order valence-electron chi connectivity index (χ0n) is 15.5. The molecule has 24 heavy (non-hydrogen) atoms. The van der Waals surface area contributed by atoms with Gasteiger partial charge in [-0.15, -0.1) is 0 Å². The molecule has 1 saturated heterocycles. The fraction of sp³-hybridized carbons (Fsp3) is 0.632. The van der Waals surface area contributed by atoms with Crippen LogP contribution in [0.4, 0.5) is 9.18 Å². The summed E-state index contributed by atoms with van der Waals surface area (Å²) in [5, 5.41) is 3.04. The minimum atomic E-state index is -0.219. The van der Waals surface area contributed by atoms with Gasteiger partial charge in [-0.1, -0.05) is 12.1 Å². The Morgan fingerprint density at radius 1 is 1.17 bits per heavy atom. The molecule has 1 aliphatic rings. The number of amides is 2. The third-order valence-electron chi connectivity index (χ3n) is 4.44. The van der Waals surface area contributed by atoms with Crippen molar-refractivity contribution in [3.05, 3.63) is 35.6 Å². The molecule has 0 aromatic heterocycles. The molecule has 2 atom stereocenters. The highest BCUT2D eigenvalue weighted by Crippen LogP contribution is 2.17. The van der Waals surface area contributed by atoms with Crippen molar-refractivity contribution in [3.63, 3.8) is 0 Å². The lowest BCUT2D eigenvalue weighted by Gasteiger charge is -2.45. The van der Waals surface area contributed by atoms with Gasteiger partial charge in [-0.2, -0.15) is 0 Å². The van der Waals surface area contributed by atoms with E-state index >= 15 is 0 Å². The lowest BCUT2D eigenvalue weighted by atomic mass is 10.1. The van der Waals surface area contributed by atoms with Crippen LogP contribution in [0.2, 0.25) is 0 Å². The Morgan fingerprint density at radius 2 is 1.71 bits per heavy atom. The average Bonchev–Trinajstić information content (AvgIpc) is 2.46. The minimum absolute atomic E-state index is 0.0133. The zero-order chi connectivity index (χ0) is 17.9. The molecule has 1 aromatic carbocycles. The number of carbonyl (C=O) groups excluding carboxylic acids is 1. The Morgan fingerprint density at radius 3 is 2.21 bits per heavy atom. The molecular formula is C19H30FN3O. The predicted octanol–water partition coefficient (Wildman–Crippen LogP) is 3.27. The van der Waals surface area contributed by atoms with Crippen molar-refractivity contribution >= 4 is 6.03 Å². The van der Waals surface area contributed by atoms with Gasteiger partial charge in [-0.05, 0) is 58.7 Å². The van der Waals surface area contributed by atoms with E-state index in [4.69, 9.17) is 0 Å². The Bertz CT molecular complexity index is 541. The second-order valence-corrected chi connectivity index (χ2v) is 7.90. The fourth-order valence-corrected chi connectivity index (χ4v) is 3.27. The summed E-state index contributed by atoms with van der Waals surface area (Å²) in [6.45, 7) is 12.7. The third-order valence-corrected chi connectivity index (χ3v) is 4.44. The van der Waals surface area contributed by atoms with Crippen LogP contribution in [0.25, 0.3) is 0 Å². The standard InChI is InChI=1S/C19H30FN3O/c1-14-12-22(18(24)21-19(3,4)5)13-15(2)23(14)11-10-16-6-8-17(20)9-7-16/h6-9,14-15H,10-13H2,1-5H3,(H,21,24). The first-order chi connectivity index (χ1) is 11.2. The Kier molecular flexibility index (Phi) is 5.86. The lowest BCUT2D eigenvalue weighted by molar-refractivity contribution is 0.0546. The van der Waals surface area contributed by atoms with Crippen molar-refractivity contribution in [2.45, 2.75) is 58.7 Å². The first-order valence-corrected chi connectivity index (χ1v) is 8.73. The molecule has 5 heteroatoms. The Hall–Kier alpha value is -1.62. The highest BCUT2D eigenvalue weighted by Gasteiger charge is 2.32. The number of piperazine rings is 1. The number of halogens is 1. The summed E-state index contributed by atoms with van der Waals surface area (Å²) < 4.78 is 13.0. The topological polar surface area (TPSA) is 35.6 Å². The van der Waals surface area contributed by atoms with Gasteiger partial charge in [0.2, 0.25) is 0 Å². The van der Waals surface area contributed by atoms with E-state index in [9.17, 15) is 9.18 Å². The van der Waals surface area contributed by atoms with Gasteiger partial charge < -0.3 is 10.2 Å². The SMILES string of the molecule is CC1CN(C(=O)NC(C)(C)C)CC(C)N1CCc1ccc(F)cc1. The van der Waals surface area contributed by atoms with Gasteiger partial charge in [-0.25, -0.2) is 9.18 Å². The smallest absolute Gasteiger partial charge is 0.317 e. The van der Waals surface area contributed by atoms with Gasteiger partial charge in [0.05, 0.1) is 0 Å². The first kappa shape index (κ1) is 18.7. The van der Waals surface area contributed by atoms with Crippen molar-refractivity contribution in [3.8, 4) is 0 Å². The minimum Gasteiger partial charge on any atom is -0.333 e. The van der Waals surface area contributed by atoms with Gasteiger partial charge in [0, 0.05) is 37.3 Å². The maximum absolute atomic E-state index is 13.0. The van der Waals surface area contributed by atoms with Gasteiger partial charge in [-0.3, -0.25) is 4.90 Å². The summed E-state index contributed by atoms with van der Waals surface area (Å²) in [6, 6.07) is 7.34. The van der Waals surface area contributed by atoms with Crippen molar-refractivity contribution in [1.29, 1.82) is 0 Å². The number of nitrogens with one attached hydrogen (secondary N) is 1. The molecule has 0 radical (unpaired) electrons.